The van der Waals surface area contributed by atoms with Crippen LogP contribution in [0, 0.1) is 0 Å². The van der Waals surface area contributed by atoms with Crippen LogP contribution in [-0.4, -0.2) is 42.8 Å². The molecule has 0 aliphatic heterocycles. The highest BCUT2D eigenvalue weighted by atomic mass is 35.5. The molecular weight excluding hydrogens is 238 g/mol. The van der Waals surface area contributed by atoms with E-state index in [2.05, 4.69) is 5.32 Å². The summed E-state index contributed by atoms with van der Waals surface area (Å²) in [6.07, 6.45) is 0. The van der Waals surface area contributed by atoms with E-state index < -0.39 is 5.60 Å². The third kappa shape index (κ3) is 4.42. The smallest absolute Gasteiger partial charge is 0.0917 e. The molecule has 0 aliphatic rings. The maximum atomic E-state index is 10.1. The van der Waals surface area contributed by atoms with Crippen LogP contribution in [-0.2, 0) is 0 Å². The van der Waals surface area contributed by atoms with E-state index in [1.54, 1.807) is 13.0 Å². The molecule has 0 radical (unpaired) electrons. The van der Waals surface area contributed by atoms with Crippen LogP contribution in [0.15, 0.2) is 18.2 Å². The Kier molecular flexibility index (Phi) is 4.62. The van der Waals surface area contributed by atoms with Crippen molar-refractivity contribution in [1.82, 2.24) is 4.90 Å². The molecule has 0 fully saturated rings. The largest absolute Gasteiger partial charge is 0.396 e. The fourth-order valence-electron chi connectivity index (χ4n) is 1.71. The van der Waals surface area contributed by atoms with E-state index >= 15 is 0 Å². The topological polar surface area (TPSA) is 61.5 Å². The van der Waals surface area contributed by atoms with E-state index in [-0.39, 0.29) is 0 Å². The molecule has 0 aromatic heterocycles. The van der Waals surface area contributed by atoms with Crippen molar-refractivity contribution >= 4 is 23.0 Å². The maximum absolute atomic E-state index is 10.1. The molecule has 1 rings (SSSR count). The number of aliphatic hydroxyl groups is 1. The maximum Gasteiger partial charge on any atom is 0.0917 e. The molecule has 4 nitrogen and oxygen atoms in total. The van der Waals surface area contributed by atoms with Crippen molar-refractivity contribution in [1.29, 1.82) is 0 Å². The Hall–Kier alpha value is -0.970. The summed E-state index contributed by atoms with van der Waals surface area (Å²) in [4.78, 5) is 1.93. The van der Waals surface area contributed by atoms with Crippen LogP contribution in [0.4, 0.5) is 11.4 Å². The molecule has 96 valence electrons. The van der Waals surface area contributed by atoms with Gasteiger partial charge in [0.2, 0.25) is 0 Å². The zero-order chi connectivity index (χ0) is 13.1. The molecule has 17 heavy (non-hydrogen) atoms. The standard InChI is InChI=1S/C12H20ClN3O/c1-12(17,8-16(2)3)7-15-10-6-4-5-9(13)11(10)14/h4-6,15,17H,7-8,14H2,1-3H3. The summed E-state index contributed by atoms with van der Waals surface area (Å²) in [6, 6.07) is 5.40. The predicted octanol–water partition coefficient (Wildman–Crippen LogP) is 1.65. The lowest BCUT2D eigenvalue weighted by atomic mass is 10.1. The van der Waals surface area contributed by atoms with Gasteiger partial charge in [-0.1, -0.05) is 17.7 Å². The van der Waals surface area contributed by atoms with Gasteiger partial charge in [0, 0.05) is 13.1 Å². The minimum Gasteiger partial charge on any atom is -0.396 e. The Labute approximate surface area is 107 Å². The van der Waals surface area contributed by atoms with Crippen LogP contribution < -0.4 is 11.1 Å². The summed E-state index contributed by atoms with van der Waals surface area (Å²) in [7, 11) is 3.84. The van der Waals surface area contributed by atoms with Crippen LogP contribution in [0.5, 0.6) is 0 Å². The van der Waals surface area contributed by atoms with Gasteiger partial charge in [-0.05, 0) is 33.2 Å². The summed E-state index contributed by atoms with van der Waals surface area (Å²) in [5, 5.41) is 13.8. The van der Waals surface area contributed by atoms with Crippen molar-refractivity contribution in [2.24, 2.45) is 0 Å². The fourth-order valence-corrected chi connectivity index (χ4v) is 1.89. The molecule has 5 heteroatoms. The zero-order valence-corrected chi connectivity index (χ0v) is 11.3. The number of nitrogens with one attached hydrogen (secondary N) is 1. The van der Waals surface area contributed by atoms with E-state index in [1.807, 2.05) is 31.1 Å². The van der Waals surface area contributed by atoms with Crippen LogP contribution in [0.1, 0.15) is 6.92 Å². The van der Waals surface area contributed by atoms with Crippen LogP contribution in [0.25, 0.3) is 0 Å². The Morgan fingerprint density at radius 2 is 2.12 bits per heavy atom. The quantitative estimate of drug-likeness (QED) is 0.702. The molecule has 1 aromatic rings. The molecule has 1 unspecified atom stereocenters. The van der Waals surface area contributed by atoms with Gasteiger partial charge in [-0.25, -0.2) is 0 Å². The van der Waals surface area contributed by atoms with Gasteiger partial charge in [0.05, 0.1) is 22.0 Å². The first-order valence-electron chi connectivity index (χ1n) is 5.47. The van der Waals surface area contributed by atoms with Gasteiger partial charge in [-0.15, -0.1) is 0 Å². The number of anilines is 2. The summed E-state index contributed by atoms with van der Waals surface area (Å²) < 4.78 is 0. The van der Waals surface area contributed by atoms with Gasteiger partial charge in [0.1, 0.15) is 0 Å². The van der Waals surface area contributed by atoms with E-state index in [1.165, 1.54) is 0 Å². The minimum absolute atomic E-state index is 0.412. The second kappa shape index (κ2) is 5.58. The molecule has 4 N–H and O–H groups in total. The second-order valence-electron chi connectivity index (χ2n) is 4.79. The molecule has 0 saturated heterocycles. The number of hydrogen-bond donors (Lipinski definition) is 3. The van der Waals surface area contributed by atoms with E-state index in [9.17, 15) is 5.11 Å². The van der Waals surface area contributed by atoms with Crippen LogP contribution in [0.3, 0.4) is 0 Å². The molecule has 0 spiro atoms. The van der Waals surface area contributed by atoms with Gasteiger partial charge in [0.25, 0.3) is 0 Å². The van der Waals surface area contributed by atoms with E-state index in [4.69, 9.17) is 17.3 Å². The number of nitrogens with two attached hydrogens (primary N) is 1. The van der Waals surface area contributed by atoms with Gasteiger partial charge in [-0.2, -0.15) is 0 Å². The van der Waals surface area contributed by atoms with Crippen molar-refractivity contribution in [3.8, 4) is 0 Å². The van der Waals surface area contributed by atoms with Gasteiger partial charge in [-0.3, -0.25) is 0 Å². The number of rotatable bonds is 5. The van der Waals surface area contributed by atoms with Crippen molar-refractivity contribution < 1.29 is 5.11 Å². The lowest BCUT2D eigenvalue weighted by molar-refractivity contribution is 0.0460. The van der Waals surface area contributed by atoms with Crippen LogP contribution in [0.2, 0.25) is 5.02 Å². The molecular formula is C12H20ClN3O. The summed E-state index contributed by atoms with van der Waals surface area (Å²) in [5.74, 6) is 0. The molecule has 1 aromatic carbocycles. The normalized spacial score (nSPS) is 14.7. The number of nitrogen functional groups attached to an aromatic ring is 1. The molecule has 0 saturated carbocycles. The second-order valence-corrected chi connectivity index (χ2v) is 5.20. The minimum atomic E-state index is -0.821. The first-order chi connectivity index (χ1) is 7.82. The molecule has 1 atom stereocenters. The molecule has 0 heterocycles. The van der Waals surface area contributed by atoms with Gasteiger partial charge >= 0.3 is 0 Å². The number of likely N-dealkylation sites (N-methyl/N-ethyl adjacent to an activating group) is 1. The van der Waals surface area contributed by atoms with Crippen molar-refractivity contribution in [3.05, 3.63) is 23.2 Å². The summed E-state index contributed by atoms with van der Waals surface area (Å²) in [5.41, 5.74) is 6.26. The highest BCUT2D eigenvalue weighted by Gasteiger charge is 2.21. The number of benzene rings is 1. The monoisotopic (exact) mass is 257 g/mol. The third-order valence-electron chi connectivity index (χ3n) is 2.37. The highest BCUT2D eigenvalue weighted by Crippen LogP contribution is 2.27. The summed E-state index contributed by atoms with van der Waals surface area (Å²) >= 11 is 5.91. The highest BCUT2D eigenvalue weighted by molar-refractivity contribution is 6.33. The number of hydrogen-bond acceptors (Lipinski definition) is 4. The first kappa shape index (κ1) is 14.1. The van der Waals surface area contributed by atoms with Gasteiger partial charge in [0.15, 0.2) is 0 Å². The number of para-hydroxylation sites is 1. The zero-order valence-electron chi connectivity index (χ0n) is 10.5. The summed E-state index contributed by atoms with van der Waals surface area (Å²) in [6.45, 7) is 2.76. The lowest BCUT2D eigenvalue weighted by Gasteiger charge is -2.27. The van der Waals surface area contributed by atoms with Gasteiger partial charge < -0.3 is 21.1 Å². The Morgan fingerprint density at radius 3 is 2.71 bits per heavy atom. The average molecular weight is 258 g/mol. The van der Waals surface area contributed by atoms with E-state index in [0.717, 1.165) is 5.69 Å². The molecule has 0 bridgehead atoms. The Morgan fingerprint density at radius 1 is 1.47 bits per heavy atom. The van der Waals surface area contributed by atoms with Crippen LogP contribution >= 0.6 is 11.6 Å². The fraction of sp³-hybridized carbons (Fsp3) is 0.500. The van der Waals surface area contributed by atoms with E-state index in [0.29, 0.717) is 23.8 Å². The molecule has 0 amide bonds. The SMILES string of the molecule is CN(C)CC(C)(O)CNc1cccc(Cl)c1N. The van der Waals surface area contributed by atoms with Crippen molar-refractivity contribution in [3.63, 3.8) is 0 Å². The average Bonchev–Trinajstić information content (AvgIpc) is 2.18. The Bertz CT molecular complexity index is 380. The lowest BCUT2D eigenvalue weighted by Crippen LogP contribution is -2.43. The third-order valence-corrected chi connectivity index (χ3v) is 2.70. The van der Waals surface area contributed by atoms with Crippen molar-refractivity contribution in [2.75, 3.05) is 38.2 Å². The Balaban J connectivity index is 2.64. The number of halogens is 1. The molecule has 0 aliphatic carbocycles. The number of nitrogens with zero attached hydrogens (tertiary/aromatic N) is 1. The predicted molar refractivity (Wildman–Crippen MR) is 73.5 cm³/mol. The first-order valence-corrected chi connectivity index (χ1v) is 5.84. The van der Waals surface area contributed by atoms with Crippen molar-refractivity contribution in [2.45, 2.75) is 12.5 Å².